The number of halogens is 2. The van der Waals surface area contributed by atoms with Crippen LogP contribution in [0.3, 0.4) is 0 Å². The normalized spacial score (nSPS) is 20.1. The van der Waals surface area contributed by atoms with E-state index in [4.69, 9.17) is 37.7 Å². The molecular weight excluding hydrogens is 443 g/mol. The number of ether oxygens (including phenoxy) is 2. The molecule has 0 aliphatic carbocycles. The first-order valence-corrected chi connectivity index (χ1v) is 11.3. The molecule has 0 spiro atoms. The average molecular weight is 469 g/mol. The molecule has 1 aliphatic heterocycles. The zero-order valence-electron chi connectivity index (χ0n) is 18.5. The van der Waals surface area contributed by atoms with Gasteiger partial charge in [0.25, 0.3) is 0 Å². The Morgan fingerprint density at radius 1 is 0.938 bits per heavy atom. The van der Waals surface area contributed by atoms with Crippen LogP contribution in [-0.2, 0) is 5.54 Å². The van der Waals surface area contributed by atoms with Gasteiger partial charge in [0.05, 0.1) is 24.8 Å². The van der Waals surface area contributed by atoms with Crippen molar-refractivity contribution in [3.8, 4) is 11.5 Å². The number of hydrogen-bond acceptors (Lipinski definition) is 4. The van der Waals surface area contributed by atoms with E-state index in [1.54, 1.807) is 7.11 Å². The van der Waals surface area contributed by atoms with Crippen molar-refractivity contribution in [3.05, 3.63) is 93.5 Å². The van der Waals surface area contributed by atoms with Crippen molar-refractivity contribution in [2.45, 2.75) is 38.5 Å². The minimum atomic E-state index is -0.567. The summed E-state index contributed by atoms with van der Waals surface area (Å²) in [6, 6.07) is 21.4. The van der Waals surface area contributed by atoms with E-state index in [1.807, 2.05) is 80.6 Å². The van der Waals surface area contributed by atoms with Gasteiger partial charge in [-0.15, -0.1) is 0 Å². The number of benzene rings is 3. The van der Waals surface area contributed by atoms with Gasteiger partial charge < -0.3 is 14.8 Å². The van der Waals surface area contributed by atoms with Gasteiger partial charge in [0.2, 0.25) is 0 Å². The van der Waals surface area contributed by atoms with E-state index in [1.165, 1.54) is 0 Å². The first-order valence-electron chi connectivity index (χ1n) is 10.5. The summed E-state index contributed by atoms with van der Waals surface area (Å²) < 4.78 is 11.5. The second kappa shape index (κ2) is 9.05. The van der Waals surface area contributed by atoms with Crippen LogP contribution in [0.4, 0.5) is 0 Å². The van der Waals surface area contributed by atoms with Crippen LogP contribution < -0.4 is 14.8 Å². The number of hydrogen-bond donors (Lipinski definition) is 1. The van der Waals surface area contributed by atoms with E-state index in [0.29, 0.717) is 10.0 Å². The lowest BCUT2D eigenvalue weighted by Crippen LogP contribution is -2.33. The molecule has 4 nitrogen and oxygen atoms in total. The minimum Gasteiger partial charge on any atom is -0.497 e. The van der Waals surface area contributed by atoms with Gasteiger partial charge in [-0.2, -0.15) is 0 Å². The summed E-state index contributed by atoms with van der Waals surface area (Å²) in [7, 11) is 1.65. The highest BCUT2D eigenvalue weighted by molar-refractivity contribution is 6.30. The summed E-state index contributed by atoms with van der Waals surface area (Å²) in [6.45, 7) is 6.13. The maximum Gasteiger partial charge on any atom is 0.134 e. The SMILES string of the molecule is COc1ccc(C2=N[C@@](C)(c3ccc(Cl)cc3)[C@@H](c3ccc(Cl)cc3)N2)c(OC(C)C)c1. The molecule has 0 saturated carbocycles. The smallest absolute Gasteiger partial charge is 0.134 e. The minimum absolute atomic E-state index is 0.0116. The van der Waals surface area contributed by atoms with Crippen molar-refractivity contribution < 1.29 is 9.47 Å². The van der Waals surface area contributed by atoms with Crippen LogP contribution in [0.15, 0.2) is 71.7 Å². The molecule has 0 aromatic heterocycles. The number of aliphatic imine (C=N–C) groups is 1. The fourth-order valence-electron chi connectivity index (χ4n) is 4.00. The van der Waals surface area contributed by atoms with Gasteiger partial charge in [0.1, 0.15) is 22.9 Å². The first-order chi connectivity index (χ1) is 15.3. The molecule has 1 N–H and O–H groups in total. The summed E-state index contributed by atoms with van der Waals surface area (Å²) in [5.41, 5.74) is 2.47. The Labute approximate surface area is 199 Å². The molecule has 4 rings (SSSR count). The van der Waals surface area contributed by atoms with E-state index in [9.17, 15) is 0 Å². The molecule has 0 bridgehead atoms. The number of nitrogens with one attached hydrogen (secondary N) is 1. The van der Waals surface area contributed by atoms with Gasteiger partial charge in [-0.3, -0.25) is 4.99 Å². The monoisotopic (exact) mass is 468 g/mol. The number of methoxy groups -OCH3 is 1. The standard InChI is InChI=1S/C26H26Cl2N2O2/c1-16(2)32-23-15-21(31-4)13-14-22(23)25-29-24(17-5-9-19(27)10-6-17)26(3,30-25)18-7-11-20(28)12-8-18/h5-16,24H,1-4H3,(H,29,30)/t24-,26+/m1/s1. The predicted molar refractivity (Wildman–Crippen MR) is 131 cm³/mol. The Bertz CT molecular complexity index is 1130. The molecule has 0 amide bonds. The third kappa shape index (κ3) is 4.43. The summed E-state index contributed by atoms with van der Waals surface area (Å²) in [4.78, 5) is 5.20. The summed E-state index contributed by atoms with van der Waals surface area (Å²) >= 11 is 12.3. The van der Waals surface area contributed by atoms with Gasteiger partial charge in [0.15, 0.2) is 0 Å². The van der Waals surface area contributed by atoms with Crippen LogP contribution in [-0.4, -0.2) is 19.0 Å². The fraction of sp³-hybridized carbons (Fsp3) is 0.269. The van der Waals surface area contributed by atoms with E-state index in [2.05, 4.69) is 12.2 Å². The zero-order chi connectivity index (χ0) is 22.9. The first kappa shape index (κ1) is 22.5. The van der Waals surface area contributed by atoms with E-state index < -0.39 is 5.54 Å². The second-order valence-electron chi connectivity index (χ2n) is 8.27. The van der Waals surface area contributed by atoms with Gasteiger partial charge in [-0.1, -0.05) is 47.5 Å². The predicted octanol–water partition coefficient (Wildman–Crippen LogP) is 6.80. The highest BCUT2D eigenvalue weighted by Gasteiger charge is 2.43. The van der Waals surface area contributed by atoms with Crippen LogP contribution in [0.1, 0.15) is 43.5 Å². The van der Waals surface area contributed by atoms with Gasteiger partial charge >= 0.3 is 0 Å². The van der Waals surface area contributed by atoms with Gasteiger partial charge in [-0.25, -0.2) is 0 Å². The van der Waals surface area contributed by atoms with E-state index in [0.717, 1.165) is 34.0 Å². The summed E-state index contributed by atoms with van der Waals surface area (Å²) in [5.74, 6) is 2.22. The van der Waals surface area contributed by atoms with Crippen molar-refractivity contribution in [1.29, 1.82) is 0 Å². The van der Waals surface area contributed by atoms with Gasteiger partial charge in [0, 0.05) is 16.1 Å². The molecule has 1 heterocycles. The van der Waals surface area contributed by atoms with Crippen molar-refractivity contribution in [2.24, 2.45) is 4.99 Å². The van der Waals surface area contributed by atoms with Crippen LogP contribution >= 0.6 is 23.2 Å². The molecule has 0 fully saturated rings. The molecule has 0 radical (unpaired) electrons. The number of amidine groups is 1. The fourth-order valence-corrected chi connectivity index (χ4v) is 4.25. The van der Waals surface area contributed by atoms with Crippen molar-refractivity contribution in [3.63, 3.8) is 0 Å². The lowest BCUT2D eigenvalue weighted by atomic mass is 9.82. The molecule has 6 heteroatoms. The zero-order valence-corrected chi connectivity index (χ0v) is 20.0. The van der Waals surface area contributed by atoms with E-state index >= 15 is 0 Å². The topological polar surface area (TPSA) is 42.8 Å². The molecule has 3 aromatic rings. The molecule has 1 aliphatic rings. The molecule has 166 valence electrons. The quantitative estimate of drug-likeness (QED) is 0.432. The largest absolute Gasteiger partial charge is 0.497 e. The average Bonchev–Trinajstić information content (AvgIpc) is 3.12. The Morgan fingerprint density at radius 3 is 2.16 bits per heavy atom. The summed E-state index contributed by atoms with van der Waals surface area (Å²) in [6.07, 6.45) is 0.0116. The Morgan fingerprint density at radius 2 is 1.56 bits per heavy atom. The third-order valence-corrected chi connectivity index (χ3v) is 6.13. The van der Waals surface area contributed by atoms with Crippen molar-refractivity contribution in [1.82, 2.24) is 5.32 Å². The Kier molecular flexibility index (Phi) is 6.36. The highest BCUT2D eigenvalue weighted by atomic mass is 35.5. The molecule has 0 saturated heterocycles. The highest BCUT2D eigenvalue weighted by Crippen LogP contribution is 2.44. The van der Waals surface area contributed by atoms with Crippen LogP contribution in [0.5, 0.6) is 11.5 Å². The Hall–Kier alpha value is -2.69. The molecule has 32 heavy (non-hydrogen) atoms. The molecule has 0 unspecified atom stereocenters. The molecular formula is C26H26Cl2N2O2. The molecule has 2 atom stereocenters. The maximum atomic E-state index is 6.16. The maximum absolute atomic E-state index is 6.16. The number of rotatable bonds is 6. The lowest BCUT2D eigenvalue weighted by molar-refractivity contribution is 0.240. The number of nitrogens with zero attached hydrogens (tertiary/aromatic N) is 1. The van der Waals surface area contributed by atoms with Crippen LogP contribution in [0.2, 0.25) is 10.0 Å². The van der Waals surface area contributed by atoms with Crippen LogP contribution in [0, 0.1) is 0 Å². The van der Waals surface area contributed by atoms with Crippen molar-refractivity contribution in [2.75, 3.05) is 7.11 Å². The third-order valence-electron chi connectivity index (χ3n) is 5.63. The Balaban J connectivity index is 1.83. The van der Waals surface area contributed by atoms with Gasteiger partial charge in [-0.05, 0) is 68.3 Å². The second-order valence-corrected chi connectivity index (χ2v) is 9.15. The van der Waals surface area contributed by atoms with E-state index in [-0.39, 0.29) is 12.1 Å². The van der Waals surface area contributed by atoms with Crippen molar-refractivity contribution >= 4 is 29.0 Å². The summed E-state index contributed by atoms with van der Waals surface area (Å²) in [5, 5.41) is 5.04. The molecule has 3 aromatic carbocycles. The lowest BCUT2D eigenvalue weighted by Gasteiger charge is -2.30. The van der Waals surface area contributed by atoms with Crippen LogP contribution in [0.25, 0.3) is 0 Å².